The summed E-state index contributed by atoms with van der Waals surface area (Å²) in [4.78, 5) is 13.8. The fraction of sp³-hybridized carbons (Fsp3) is 0.667. The third-order valence-corrected chi connectivity index (χ3v) is 3.55. The maximum atomic E-state index is 11.9. The first kappa shape index (κ1) is 12.1. The van der Waals surface area contributed by atoms with Gasteiger partial charge in [0.1, 0.15) is 0 Å². The van der Waals surface area contributed by atoms with E-state index in [1.165, 1.54) is 0 Å². The number of carbonyl (C=O) groups excluding carboxylic acids is 1. The third-order valence-electron chi connectivity index (χ3n) is 3.55. The first-order valence-corrected chi connectivity index (χ1v) is 5.98. The number of aromatic nitrogens is 2. The van der Waals surface area contributed by atoms with Crippen molar-refractivity contribution in [1.82, 2.24) is 14.7 Å². The summed E-state index contributed by atoms with van der Waals surface area (Å²) in [5, 5.41) is 4.24. The summed E-state index contributed by atoms with van der Waals surface area (Å²) >= 11 is 0. The van der Waals surface area contributed by atoms with Crippen molar-refractivity contribution in [2.24, 2.45) is 12.8 Å². The van der Waals surface area contributed by atoms with Gasteiger partial charge in [-0.1, -0.05) is 0 Å². The lowest BCUT2D eigenvalue weighted by molar-refractivity contribution is -0.130. The first-order chi connectivity index (χ1) is 7.93. The van der Waals surface area contributed by atoms with Gasteiger partial charge in [0.2, 0.25) is 5.91 Å². The minimum Gasteiger partial charge on any atom is -0.331 e. The average Bonchev–Trinajstić information content (AvgIpc) is 2.69. The van der Waals surface area contributed by atoms with Gasteiger partial charge in [-0.15, -0.1) is 0 Å². The molecule has 0 saturated carbocycles. The Hall–Kier alpha value is -1.36. The van der Waals surface area contributed by atoms with Crippen LogP contribution in [0.3, 0.4) is 0 Å². The maximum Gasteiger partial charge on any atom is 0.225 e. The van der Waals surface area contributed by atoms with Gasteiger partial charge < -0.3 is 10.6 Å². The minimum absolute atomic E-state index is 0.0313. The highest BCUT2D eigenvalue weighted by Crippen LogP contribution is 2.34. The van der Waals surface area contributed by atoms with Crippen molar-refractivity contribution in [1.29, 1.82) is 0 Å². The number of nitrogens with two attached hydrogens (primary N) is 1. The minimum atomic E-state index is -0.132. The summed E-state index contributed by atoms with van der Waals surface area (Å²) in [5.41, 5.74) is 8.25. The predicted octanol–water partition coefficient (Wildman–Crippen LogP) is 0.738. The Balaban J connectivity index is 2.42. The Labute approximate surface area is 102 Å². The van der Waals surface area contributed by atoms with E-state index >= 15 is 0 Å². The molecule has 2 heterocycles. The quantitative estimate of drug-likeness (QED) is 0.823. The van der Waals surface area contributed by atoms with Crippen molar-refractivity contribution < 1.29 is 4.79 Å². The molecule has 0 aromatic carbocycles. The van der Waals surface area contributed by atoms with E-state index in [1.54, 1.807) is 0 Å². The Bertz CT molecular complexity index is 438. The molecule has 0 bridgehead atoms. The van der Waals surface area contributed by atoms with Crippen LogP contribution in [-0.2, 0) is 11.8 Å². The first-order valence-electron chi connectivity index (χ1n) is 5.98. The lowest BCUT2D eigenvalue weighted by Crippen LogP contribution is -2.37. The van der Waals surface area contributed by atoms with E-state index in [2.05, 4.69) is 5.10 Å². The van der Waals surface area contributed by atoms with Crippen LogP contribution < -0.4 is 5.73 Å². The zero-order valence-corrected chi connectivity index (χ0v) is 10.8. The largest absolute Gasteiger partial charge is 0.331 e. The zero-order chi connectivity index (χ0) is 12.7. The zero-order valence-electron chi connectivity index (χ0n) is 10.8. The number of amides is 1. The van der Waals surface area contributed by atoms with Crippen molar-refractivity contribution >= 4 is 5.91 Å². The molecule has 0 spiro atoms. The molecule has 5 nitrogen and oxygen atoms in total. The van der Waals surface area contributed by atoms with Crippen LogP contribution in [-0.4, -0.2) is 32.7 Å². The van der Waals surface area contributed by atoms with Crippen molar-refractivity contribution in [3.8, 4) is 0 Å². The topological polar surface area (TPSA) is 64.2 Å². The van der Waals surface area contributed by atoms with E-state index < -0.39 is 0 Å². The summed E-state index contributed by atoms with van der Waals surface area (Å²) in [6.45, 7) is 6.06. The molecule has 1 aromatic heterocycles. The second kappa shape index (κ2) is 4.14. The Morgan fingerprint density at radius 1 is 1.53 bits per heavy atom. The van der Waals surface area contributed by atoms with Gasteiger partial charge in [0, 0.05) is 36.8 Å². The van der Waals surface area contributed by atoms with Crippen LogP contribution in [0.4, 0.5) is 0 Å². The molecule has 1 aliphatic heterocycles. The lowest BCUT2D eigenvalue weighted by atomic mass is 10.0. The van der Waals surface area contributed by atoms with Crippen LogP contribution in [0.25, 0.3) is 0 Å². The number of hydrogen-bond acceptors (Lipinski definition) is 3. The van der Waals surface area contributed by atoms with E-state index in [1.807, 2.05) is 43.6 Å². The SMILES string of the molecule is Cc1c([C@@H]2[C@@H](N)CC(=O)N2C(C)C)cnn1C. The molecule has 1 aliphatic rings. The highest BCUT2D eigenvalue weighted by molar-refractivity contribution is 5.80. The molecule has 1 amide bonds. The molecule has 0 aliphatic carbocycles. The Morgan fingerprint density at radius 3 is 2.65 bits per heavy atom. The molecule has 0 radical (unpaired) electrons. The highest BCUT2D eigenvalue weighted by Gasteiger charge is 2.41. The summed E-state index contributed by atoms with van der Waals surface area (Å²) in [7, 11) is 1.90. The van der Waals surface area contributed by atoms with Gasteiger partial charge in [0.15, 0.2) is 0 Å². The summed E-state index contributed by atoms with van der Waals surface area (Å²) in [6, 6.07) is 0.00431. The molecule has 0 unspecified atom stereocenters. The molecule has 2 atom stereocenters. The second-order valence-electron chi connectivity index (χ2n) is 5.02. The number of aryl methyl sites for hydroxylation is 1. The van der Waals surface area contributed by atoms with Crippen LogP contribution in [0, 0.1) is 6.92 Å². The highest BCUT2D eigenvalue weighted by atomic mass is 16.2. The molecular formula is C12H20N4O. The Morgan fingerprint density at radius 2 is 2.18 bits per heavy atom. The van der Waals surface area contributed by atoms with E-state index in [9.17, 15) is 4.79 Å². The number of carbonyl (C=O) groups is 1. The number of likely N-dealkylation sites (tertiary alicyclic amines) is 1. The number of nitrogens with zero attached hydrogens (tertiary/aromatic N) is 3. The van der Waals surface area contributed by atoms with Gasteiger partial charge in [-0.05, 0) is 20.8 Å². The second-order valence-corrected chi connectivity index (χ2v) is 5.02. The number of hydrogen-bond donors (Lipinski definition) is 1. The molecule has 94 valence electrons. The third kappa shape index (κ3) is 1.84. The smallest absolute Gasteiger partial charge is 0.225 e. The molecular weight excluding hydrogens is 216 g/mol. The predicted molar refractivity (Wildman–Crippen MR) is 65.3 cm³/mol. The fourth-order valence-corrected chi connectivity index (χ4v) is 2.58. The molecule has 5 heteroatoms. The standard InChI is InChI=1S/C12H20N4O/c1-7(2)16-11(17)5-10(13)12(16)9-6-14-15(4)8(9)3/h6-7,10,12H,5,13H2,1-4H3/t10-,12+/m0/s1. The normalized spacial score (nSPS) is 25.1. The van der Waals surface area contributed by atoms with E-state index in [0.717, 1.165) is 11.3 Å². The van der Waals surface area contributed by atoms with E-state index in [4.69, 9.17) is 5.73 Å². The van der Waals surface area contributed by atoms with Crippen LogP contribution in [0.2, 0.25) is 0 Å². The van der Waals surface area contributed by atoms with E-state index in [0.29, 0.717) is 6.42 Å². The van der Waals surface area contributed by atoms with Crippen LogP contribution in [0.15, 0.2) is 6.20 Å². The van der Waals surface area contributed by atoms with Gasteiger partial charge in [-0.3, -0.25) is 9.48 Å². The molecule has 1 saturated heterocycles. The number of rotatable bonds is 2. The molecule has 17 heavy (non-hydrogen) atoms. The Kier molecular flexibility index (Phi) is 2.95. The molecule has 2 N–H and O–H groups in total. The van der Waals surface area contributed by atoms with Gasteiger partial charge >= 0.3 is 0 Å². The summed E-state index contributed by atoms with van der Waals surface area (Å²) < 4.78 is 1.82. The van der Waals surface area contributed by atoms with Crippen molar-refractivity contribution in [3.05, 3.63) is 17.5 Å². The summed E-state index contributed by atoms with van der Waals surface area (Å²) in [5.74, 6) is 0.140. The van der Waals surface area contributed by atoms with Gasteiger partial charge in [-0.2, -0.15) is 5.10 Å². The van der Waals surface area contributed by atoms with E-state index in [-0.39, 0.29) is 24.0 Å². The van der Waals surface area contributed by atoms with Gasteiger partial charge in [0.25, 0.3) is 0 Å². The average molecular weight is 236 g/mol. The van der Waals surface area contributed by atoms with Gasteiger partial charge in [0.05, 0.1) is 12.2 Å². The summed E-state index contributed by atoms with van der Waals surface area (Å²) in [6.07, 6.45) is 2.25. The molecule has 1 aromatic rings. The van der Waals surface area contributed by atoms with Gasteiger partial charge in [-0.25, -0.2) is 0 Å². The van der Waals surface area contributed by atoms with Crippen LogP contribution in [0.5, 0.6) is 0 Å². The maximum absolute atomic E-state index is 11.9. The fourth-order valence-electron chi connectivity index (χ4n) is 2.58. The van der Waals surface area contributed by atoms with Crippen LogP contribution in [0.1, 0.15) is 37.6 Å². The van der Waals surface area contributed by atoms with Crippen molar-refractivity contribution in [2.45, 2.75) is 45.3 Å². The monoisotopic (exact) mass is 236 g/mol. The van der Waals surface area contributed by atoms with Crippen molar-refractivity contribution in [2.75, 3.05) is 0 Å². The molecule has 2 rings (SSSR count). The van der Waals surface area contributed by atoms with Crippen molar-refractivity contribution in [3.63, 3.8) is 0 Å². The lowest BCUT2D eigenvalue weighted by Gasteiger charge is -2.30. The van der Waals surface area contributed by atoms with Crippen LogP contribution >= 0.6 is 0 Å². The molecule has 1 fully saturated rings.